The maximum atomic E-state index is 9.53. The Morgan fingerprint density at radius 3 is 2.68 bits per heavy atom. The summed E-state index contributed by atoms with van der Waals surface area (Å²) in [5, 5.41) is 9.53. The van der Waals surface area contributed by atoms with Crippen LogP contribution in [0.1, 0.15) is 13.0 Å². The summed E-state index contributed by atoms with van der Waals surface area (Å²) in [5.74, 6) is 1.11. The quantitative estimate of drug-likeness (QED) is 0.826. The van der Waals surface area contributed by atoms with Crippen molar-refractivity contribution < 1.29 is 15.6 Å². The van der Waals surface area contributed by atoms with Crippen LogP contribution in [0.4, 0.5) is 0 Å². The molecule has 1 aromatic carbocycles. The van der Waals surface area contributed by atoms with Crippen molar-refractivity contribution in [2.75, 3.05) is 40.5 Å². The van der Waals surface area contributed by atoms with E-state index in [4.69, 9.17) is 15.6 Å². The third-order valence-corrected chi connectivity index (χ3v) is 3.10. The molecule has 1 heterocycles. The molecule has 0 saturated carbocycles. The standard InChI is InChI=1S/C14H18N2O3/c1-17-11-3-4-12(14(9-11)18-2)13(10-15)16-5-7-19-8-6-16/h3-4,9,13H,5-8H2,1-2H3/i13D. The number of nitrogens with zero attached hydrogens (tertiary/aromatic N) is 2. The predicted octanol–water partition coefficient (Wildman–Crippen LogP) is 1.60. The van der Waals surface area contributed by atoms with E-state index in [9.17, 15) is 5.26 Å². The monoisotopic (exact) mass is 263 g/mol. The van der Waals surface area contributed by atoms with Crippen molar-refractivity contribution in [3.05, 3.63) is 23.8 Å². The van der Waals surface area contributed by atoms with Gasteiger partial charge in [-0.1, -0.05) is 0 Å². The van der Waals surface area contributed by atoms with Crippen LogP contribution < -0.4 is 9.47 Å². The molecule has 19 heavy (non-hydrogen) atoms. The molecule has 1 atom stereocenters. The summed E-state index contributed by atoms with van der Waals surface area (Å²) in [4.78, 5) is 1.79. The summed E-state index contributed by atoms with van der Waals surface area (Å²) in [6.45, 7) is 2.15. The van der Waals surface area contributed by atoms with Crippen LogP contribution in [0.5, 0.6) is 11.5 Å². The molecule has 0 N–H and O–H groups in total. The first kappa shape index (κ1) is 12.3. The highest BCUT2D eigenvalue weighted by Gasteiger charge is 2.25. The van der Waals surface area contributed by atoms with Gasteiger partial charge in [0.2, 0.25) is 0 Å². The van der Waals surface area contributed by atoms with Crippen molar-refractivity contribution in [2.24, 2.45) is 0 Å². The van der Waals surface area contributed by atoms with Crippen LogP contribution in [0.2, 0.25) is 0 Å². The Morgan fingerprint density at radius 1 is 1.37 bits per heavy atom. The van der Waals surface area contributed by atoms with E-state index >= 15 is 0 Å². The molecule has 1 aliphatic rings. The molecule has 102 valence electrons. The van der Waals surface area contributed by atoms with Gasteiger partial charge in [-0.15, -0.1) is 0 Å². The summed E-state index contributed by atoms with van der Waals surface area (Å²) >= 11 is 0. The second-order valence-electron chi connectivity index (χ2n) is 4.13. The second-order valence-corrected chi connectivity index (χ2v) is 4.13. The van der Waals surface area contributed by atoms with E-state index in [1.54, 1.807) is 30.2 Å². The first-order chi connectivity index (χ1) is 9.65. The smallest absolute Gasteiger partial charge is 0.128 e. The van der Waals surface area contributed by atoms with Crippen molar-refractivity contribution in [3.8, 4) is 17.6 Å². The molecule has 1 aliphatic heterocycles. The average Bonchev–Trinajstić information content (AvgIpc) is 2.54. The highest BCUT2D eigenvalue weighted by molar-refractivity contribution is 5.44. The molecule has 5 nitrogen and oxygen atoms in total. The van der Waals surface area contributed by atoms with Crippen LogP contribution in [0, 0.1) is 11.3 Å². The normalized spacial score (nSPS) is 19.9. The third kappa shape index (κ3) is 2.98. The van der Waals surface area contributed by atoms with Crippen molar-refractivity contribution >= 4 is 0 Å². The summed E-state index contributed by atoms with van der Waals surface area (Å²) in [6, 6.07) is 5.75. The van der Waals surface area contributed by atoms with Gasteiger partial charge in [0.15, 0.2) is 0 Å². The van der Waals surface area contributed by atoms with Gasteiger partial charge in [-0.2, -0.15) is 5.26 Å². The van der Waals surface area contributed by atoms with E-state index in [0.29, 0.717) is 43.4 Å². The van der Waals surface area contributed by atoms with Crippen LogP contribution >= 0.6 is 0 Å². The summed E-state index contributed by atoms with van der Waals surface area (Å²) < 4.78 is 24.3. The van der Waals surface area contributed by atoms with E-state index in [0.717, 1.165) is 0 Å². The number of morpholine rings is 1. The zero-order valence-electron chi connectivity index (χ0n) is 12.2. The Labute approximate surface area is 114 Å². The number of ether oxygens (including phenoxy) is 3. The van der Waals surface area contributed by atoms with E-state index in [2.05, 4.69) is 6.07 Å². The van der Waals surface area contributed by atoms with Crippen molar-refractivity contribution in [1.82, 2.24) is 4.90 Å². The molecule has 1 fully saturated rings. The van der Waals surface area contributed by atoms with Crippen molar-refractivity contribution in [3.63, 3.8) is 0 Å². The van der Waals surface area contributed by atoms with Gasteiger partial charge in [0.25, 0.3) is 0 Å². The van der Waals surface area contributed by atoms with Gasteiger partial charge in [-0.3, -0.25) is 4.90 Å². The molecule has 0 radical (unpaired) electrons. The largest absolute Gasteiger partial charge is 0.497 e. The Hall–Kier alpha value is -1.77. The lowest BCUT2D eigenvalue weighted by molar-refractivity contribution is 0.0262. The van der Waals surface area contributed by atoms with Crippen LogP contribution in [0.3, 0.4) is 0 Å². The second kappa shape index (κ2) is 6.41. The molecule has 0 bridgehead atoms. The fourth-order valence-corrected chi connectivity index (χ4v) is 2.08. The molecule has 2 rings (SSSR count). The number of rotatable bonds is 4. The van der Waals surface area contributed by atoms with E-state index in [1.165, 1.54) is 7.11 Å². The molecule has 0 amide bonds. The molecule has 1 saturated heterocycles. The van der Waals surface area contributed by atoms with Gasteiger partial charge in [0.1, 0.15) is 17.5 Å². The number of nitriles is 1. The number of hydrogen-bond acceptors (Lipinski definition) is 5. The molecule has 0 aromatic heterocycles. The Kier molecular flexibility index (Phi) is 4.14. The van der Waals surface area contributed by atoms with Crippen LogP contribution in [0.25, 0.3) is 0 Å². The Bertz CT molecular complexity index is 512. The number of benzene rings is 1. The van der Waals surface area contributed by atoms with Gasteiger partial charge in [-0.25, -0.2) is 0 Å². The molecule has 0 aliphatic carbocycles. The van der Waals surface area contributed by atoms with Crippen LogP contribution in [0.15, 0.2) is 18.2 Å². The predicted molar refractivity (Wildman–Crippen MR) is 70.3 cm³/mol. The molecule has 1 aromatic rings. The fraction of sp³-hybridized carbons (Fsp3) is 0.500. The zero-order valence-corrected chi connectivity index (χ0v) is 11.2. The minimum absolute atomic E-state index is 0.479. The minimum Gasteiger partial charge on any atom is -0.497 e. The van der Waals surface area contributed by atoms with Crippen molar-refractivity contribution in [1.29, 1.82) is 5.26 Å². The first-order valence-corrected chi connectivity index (χ1v) is 6.12. The Morgan fingerprint density at radius 2 is 2.11 bits per heavy atom. The SMILES string of the molecule is [2H]C(C#N)(c1ccc(OC)cc1OC)N1CCOCC1. The van der Waals surface area contributed by atoms with Crippen LogP contribution in [-0.2, 0) is 4.74 Å². The molecule has 5 heteroatoms. The third-order valence-electron chi connectivity index (χ3n) is 3.10. The summed E-state index contributed by atoms with van der Waals surface area (Å²) in [5.41, 5.74) is 0.519. The van der Waals surface area contributed by atoms with Gasteiger partial charge in [0.05, 0.1) is 34.9 Å². The van der Waals surface area contributed by atoms with E-state index < -0.39 is 6.02 Å². The first-order valence-electron chi connectivity index (χ1n) is 6.62. The Balaban J connectivity index is 2.42. The zero-order chi connectivity index (χ0) is 14.6. The highest BCUT2D eigenvalue weighted by atomic mass is 16.5. The van der Waals surface area contributed by atoms with E-state index in [-0.39, 0.29) is 0 Å². The van der Waals surface area contributed by atoms with Gasteiger partial charge in [0, 0.05) is 24.7 Å². The topological polar surface area (TPSA) is 54.7 Å². The van der Waals surface area contributed by atoms with Crippen LogP contribution in [-0.4, -0.2) is 45.4 Å². The van der Waals surface area contributed by atoms with Gasteiger partial charge >= 0.3 is 0 Å². The minimum atomic E-state index is -1.48. The summed E-state index contributed by atoms with van der Waals surface area (Å²) in [6.07, 6.45) is 0. The molecular formula is C14H18N2O3. The molecular weight excluding hydrogens is 244 g/mol. The lowest BCUT2D eigenvalue weighted by Crippen LogP contribution is -2.38. The molecule has 0 spiro atoms. The van der Waals surface area contributed by atoms with Gasteiger partial charge < -0.3 is 14.2 Å². The maximum absolute atomic E-state index is 9.53. The number of methoxy groups -OCH3 is 2. The average molecular weight is 263 g/mol. The number of hydrogen-bond donors (Lipinski definition) is 0. The lowest BCUT2D eigenvalue weighted by atomic mass is 10.0. The molecule has 1 unspecified atom stereocenters. The van der Waals surface area contributed by atoms with Crippen molar-refractivity contribution in [2.45, 2.75) is 6.02 Å². The highest BCUT2D eigenvalue weighted by Crippen LogP contribution is 2.32. The lowest BCUT2D eigenvalue weighted by Gasteiger charge is -2.31. The van der Waals surface area contributed by atoms with E-state index in [1.807, 2.05) is 0 Å². The summed E-state index contributed by atoms with van der Waals surface area (Å²) in [7, 11) is 3.09. The maximum Gasteiger partial charge on any atom is 0.128 e. The fourth-order valence-electron chi connectivity index (χ4n) is 2.08. The van der Waals surface area contributed by atoms with Gasteiger partial charge in [-0.05, 0) is 12.1 Å².